The summed E-state index contributed by atoms with van der Waals surface area (Å²) >= 11 is 3.00. The smallest absolute Gasteiger partial charge is 0.236 e. The first-order valence-electron chi connectivity index (χ1n) is 9.55. The van der Waals surface area contributed by atoms with Crippen LogP contribution in [0.3, 0.4) is 0 Å². The number of nitrogens with one attached hydrogen (secondary N) is 1. The van der Waals surface area contributed by atoms with Gasteiger partial charge in [-0.05, 0) is 35.9 Å². The number of aromatic nitrogens is 1. The van der Waals surface area contributed by atoms with Crippen LogP contribution in [0.5, 0.6) is 0 Å². The molecule has 0 spiro atoms. The maximum atomic E-state index is 12.6. The van der Waals surface area contributed by atoms with Crippen LogP contribution < -0.4 is 5.32 Å². The van der Waals surface area contributed by atoms with Gasteiger partial charge in [-0.3, -0.25) is 4.79 Å². The number of thiophene rings is 1. The summed E-state index contributed by atoms with van der Waals surface area (Å²) in [6, 6.07) is 13.3. The number of carbonyl (C=O) groups excluding carboxylic acids is 1. The van der Waals surface area contributed by atoms with E-state index < -0.39 is 10.0 Å². The summed E-state index contributed by atoms with van der Waals surface area (Å²) in [4.78, 5) is 18.1. The quantitative estimate of drug-likeness (QED) is 0.588. The van der Waals surface area contributed by atoms with Gasteiger partial charge in [0.25, 0.3) is 0 Å². The van der Waals surface area contributed by atoms with E-state index in [9.17, 15) is 13.2 Å². The normalized spacial score (nSPS) is 16.1. The largest absolute Gasteiger partial charge is 0.302 e. The van der Waals surface area contributed by atoms with E-state index in [0.717, 1.165) is 16.1 Å². The van der Waals surface area contributed by atoms with Crippen LogP contribution in [0, 0.1) is 5.92 Å². The van der Waals surface area contributed by atoms with Crippen molar-refractivity contribution in [3.05, 3.63) is 64.2 Å². The first kappa shape index (κ1) is 20.9. The standard InChI is InChI=1S/C21H21N3O3S3/c25-20(23-21-22-18(15-29-21)19-7-4-13-28-19)17-8-11-24(12-9-17)30(26,27)14-10-16-5-2-1-3-6-16/h1-7,10,13-15,17H,8-9,11-12H2,(H,22,23,25). The Labute approximate surface area is 184 Å². The number of amides is 1. The van der Waals surface area contributed by atoms with Gasteiger partial charge in [-0.2, -0.15) is 4.31 Å². The van der Waals surface area contributed by atoms with Gasteiger partial charge >= 0.3 is 0 Å². The van der Waals surface area contributed by atoms with E-state index in [2.05, 4.69) is 10.3 Å². The number of piperidine rings is 1. The maximum Gasteiger partial charge on any atom is 0.236 e. The van der Waals surface area contributed by atoms with Crippen molar-refractivity contribution < 1.29 is 13.2 Å². The Balaban J connectivity index is 1.31. The summed E-state index contributed by atoms with van der Waals surface area (Å²) in [6.45, 7) is 0.662. The molecule has 4 rings (SSSR count). The first-order valence-corrected chi connectivity index (χ1v) is 12.8. The number of anilines is 1. The number of carbonyl (C=O) groups is 1. The van der Waals surface area contributed by atoms with Crippen molar-refractivity contribution in [3.63, 3.8) is 0 Å². The second-order valence-corrected chi connectivity index (χ2v) is 10.6. The minimum Gasteiger partial charge on any atom is -0.302 e. The number of hydrogen-bond acceptors (Lipinski definition) is 6. The lowest BCUT2D eigenvalue weighted by atomic mass is 9.97. The topological polar surface area (TPSA) is 79.4 Å². The molecule has 0 unspecified atom stereocenters. The highest BCUT2D eigenvalue weighted by Crippen LogP contribution is 2.29. The molecule has 1 amide bonds. The van der Waals surface area contributed by atoms with E-state index >= 15 is 0 Å². The van der Waals surface area contributed by atoms with Crippen LogP contribution in [0.25, 0.3) is 16.6 Å². The van der Waals surface area contributed by atoms with E-state index in [1.54, 1.807) is 17.4 Å². The molecule has 3 heterocycles. The van der Waals surface area contributed by atoms with Gasteiger partial charge in [0.2, 0.25) is 15.9 Å². The molecular weight excluding hydrogens is 438 g/mol. The van der Waals surface area contributed by atoms with Crippen molar-refractivity contribution in [1.82, 2.24) is 9.29 Å². The molecule has 1 aromatic carbocycles. The van der Waals surface area contributed by atoms with E-state index in [1.165, 1.54) is 21.1 Å². The van der Waals surface area contributed by atoms with Gasteiger partial charge in [0.1, 0.15) is 0 Å². The number of benzene rings is 1. The molecule has 6 nitrogen and oxygen atoms in total. The number of sulfonamides is 1. The monoisotopic (exact) mass is 459 g/mol. The molecule has 30 heavy (non-hydrogen) atoms. The maximum absolute atomic E-state index is 12.6. The zero-order valence-corrected chi connectivity index (χ0v) is 18.6. The zero-order chi connectivity index (χ0) is 21.0. The van der Waals surface area contributed by atoms with Gasteiger partial charge in [0.15, 0.2) is 5.13 Å². The van der Waals surface area contributed by atoms with Gasteiger partial charge in [-0.25, -0.2) is 13.4 Å². The number of hydrogen-bond donors (Lipinski definition) is 1. The van der Waals surface area contributed by atoms with Gasteiger partial charge in [0.05, 0.1) is 10.6 Å². The highest BCUT2D eigenvalue weighted by Gasteiger charge is 2.30. The third kappa shape index (κ3) is 5.04. The summed E-state index contributed by atoms with van der Waals surface area (Å²) in [5.74, 6) is -0.317. The van der Waals surface area contributed by atoms with Gasteiger partial charge < -0.3 is 5.32 Å². The third-order valence-electron chi connectivity index (χ3n) is 4.92. The Hall–Kier alpha value is -2.33. The predicted octanol–water partition coefficient (Wildman–Crippen LogP) is 4.52. The molecule has 2 aromatic heterocycles. The van der Waals surface area contributed by atoms with Gasteiger partial charge in [-0.15, -0.1) is 22.7 Å². The molecule has 0 radical (unpaired) electrons. The SMILES string of the molecule is O=C(Nc1nc(-c2cccs2)cs1)C1CCN(S(=O)(=O)C=Cc2ccccc2)CC1. The molecular formula is C21H21N3O3S3. The lowest BCUT2D eigenvalue weighted by Crippen LogP contribution is -2.40. The van der Waals surface area contributed by atoms with Crippen LogP contribution in [0.2, 0.25) is 0 Å². The highest BCUT2D eigenvalue weighted by molar-refractivity contribution is 7.92. The van der Waals surface area contributed by atoms with E-state index in [1.807, 2.05) is 53.2 Å². The van der Waals surface area contributed by atoms with E-state index in [-0.39, 0.29) is 11.8 Å². The second kappa shape index (κ2) is 9.22. The molecule has 1 aliphatic rings. The molecule has 1 fully saturated rings. The Kier molecular flexibility index (Phi) is 6.43. The lowest BCUT2D eigenvalue weighted by molar-refractivity contribution is -0.120. The average Bonchev–Trinajstić information content (AvgIpc) is 3.45. The fourth-order valence-electron chi connectivity index (χ4n) is 3.26. The van der Waals surface area contributed by atoms with Crippen molar-refractivity contribution in [2.75, 3.05) is 18.4 Å². The lowest BCUT2D eigenvalue weighted by Gasteiger charge is -2.29. The molecule has 1 aliphatic heterocycles. The second-order valence-electron chi connectivity index (χ2n) is 6.94. The van der Waals surface area contributed by atoms with Crippen molar-refractivity contribution >= 4 is 49.8 Å². The molecule has 0 aliphatic carbocycles. The van der Waals surface area contributed by atoms with Gasteiger partial charge in [0, 0.05) is 29.8 Å². The molecule has 9 heteroatoms. The minimum atomic E-state index is -3.50. The van der Waals surface area contributed by atoms with Crippen molar-refractivity contribution in [2.24, 2.45) is 5.92 Å². The van der Waals surface area contributed by atoms with Crippen molar-refractivity contribution in [1.29, 1.82) is 0 Å². The van der Waals surface area contributed by atoms with Gasteiger partial charge in [-0.1, -0.05) is 36.4 Å². The summed E-state index contributed by atoms with van der Waals surface area (Å²) in [5.41, 5.74) is 1.69. The Bertz CT molecular complexity index is 1110. The summed E-state index contributed by atoms with van der Waals surface area (Å²) in [6.07, 6.45) is 2.59. The van der Waals surface area contributed by atoms with Crippen LogP contribution in [0.1, 0.15) is 18.4 Å². The molecule has 0 atom stereocenters. The fraction of sp³-hybridized carbons (Fsp3) is 0.238. The third-order valence-corrected chi connectivity index (χ3v) is 8.14. The summed E-state index contributed by atoms with van der Waals surface area (Å²) < 4.78 is 26.6. The van der Waals surface area contributed by atoms with E-state index in [0.29, 0.717) is 31.1 Å². The molecule has 0 bridgehead atoms. The summed E-state index contributed by atoms with van der Waals surface area (Å²) in [7, 11) is -3.50. The first-order chi connectivity index (χ1) is 14.5. The fourth-order valence-corrected chi connectivity index (χ4v) is 5.96. The summed E-state index contributed by atoms with van der Waals surface area (Å²) in [5, 5.41) is 8.62. The van der Waals surface area contributed by atoms with Crippen LogP contribution in [0.15, 0.2) is 58.6 Å². The molecule has 1 saturated heterocycles. The highest BCUT2D eigenvalue weighted by atomic mass is 32.2. The Morgan fingerprint density at radius 1 is 1.10 bits per heavy atom. The number of rotatable bonds is 6. The number of nitrogens with zero attached hydrogens (tertiary/aromatic N) is 2. The van der Waals surface area contributed by atoms with Crippen LogP contribution in [-0.4, -0.2) is 36.7 Å². The predicted molar refractivity (Wildman–Crippen MR) is 123 cm³/mol. The molecule has 1 N–H and O–H groups in total. The molecule has 0 saturated carbocycles. The van der Waals surface area contributed by atoms with Crippen LogP contribution in [0.4, 0.5) is 5.13 Å². The van der Waals surface area contributed by atoms with E-state index in [4.69, 9.17) is 0 Å². The Morgan fingerprint density at radius 2 is 1.87 bits per heavy atom. The molecule has 156 valence electrons. The minimum absolute atomic E-state index is 0.0982. The molecule has 3 aromatic rings. The average molecular weight is 460 g/mol. The van der Waals surface area contributed by atoms with Crippen molar-refractivity contribution in [2.45, 2.75) is 12.8 Å². The van der Waals surface area contributed by atoms with Crippen molar-refractivity contribution in [3.8, 4) is 10.6 Å². The van der Waals surface area contributed by atoms with Crippen LogP contribution >= 0.6 is 22.7 Å². The zero-order valence-electron chi connectivity index (χ0n) is 16.1. The Morgan fingerprint density at radius 3 is 2.57 bits per heavy atom. The number of thiazole rings is 1. The van der Waals surface area contributed by atoms with Crippen LogP contribution in [-0.2, 0) is 14.8 Å².